The summed E-state index contributed by atoms with van der Waals surface area (Å²) < 4.78 is 10.8. The van der Waals surface area contributed by atoms with Crippen molar-refractivity contribution in [1.29, 1.82) is 0 Å². The summed E-state index contributed by atoms with van der Waals surface area (Å²) in [5.41, 5.74) is 0.424. The van der Waals surface area contributed by atoms with Crippen LogP contribution >= 0.6 is 0 Å². The zero-order valence-corrected chi connectivity index (χ0v) is 14.1. The van der Waals surface area contributed by atoms with Crippen molar-refractivity contribution >= 4 is 11.8 Å². The minimum absolute atomic E-state index is 0.0651. The summed E-state index contributed by atoms with van der Waals surface area (Å²) in [6.07, 6.45) is 0.931. The summed E-state index contributed by atoms with van der Waals surface area (Å²) in [5, 5.41) is 5.33. The Hall–Kier alpha value is -2.08. The Morgan fingerprint density at radius 3 is 2.61 bits per heavy atom. The number of benzene rings is 1. The molecule has 128 valence electrons. The lowest BCUT2D eigenvalue weighted by Gasteiger charge is -2.11. The smallest absolute Gasteiger partial charge is 0.255 e. The molecule has 0 aliphatic heterocycles. The highest BCUT2D eigenvalue weighted by Gasteiger charge is 2.12. The Morgan fingerprint density at radius 2 is 1.91 bits per heavy atom. The first-order chi connectivity index (χ1) is 11.0. The van der Waals surface area contributed by atoms with Crippen LogP contribution in [-0.2, 0) is 9.53 Å². The average Bonchev–Trinajstić information content (AvgIpc) is 2.53. The molecular formula is C17H26N2O4. The lowest BCUT2D eigenvalue weighted by atomic mass is 10.2. The van der Waals surface area contributed by atoms with Gasteiger partial charge in [0.25, 0.3) is 5.91 Å². The second kappa shape index (κ2) is 10.6. The molecule has 0 spiro atoms. The largest absolute Gasteiger partial charge is 0.493 e. The molecule has 0 saturated carbocycles. The minimum atomic E-state index is -0.327. The number of hydrogen-bond donors (Lipinski definition) is 2. The van der Waals surface area contributed by atoms with Gasteiger partial charge in [-0.25, -0.2) is 0 Å². The number of rotatable bonds is 10. The molecule has 0 radical (unpaired) electrons. The van der Waals surface area contributed by atoms with Gasteiger partial charge in [0.15, 0.2) is 0 Å². The summed E-state index contributed by atoms with van der Waals surface area (Å²) >= 11 is 0. The second-order valence-corrected chi connectivity index (χ2v) is 5.23. The zero-order chi connectivity index (χ0) is 17.1. The van der Waals surface area contributed by atoms with Crippen LogP contribution in [0.4, 0.5) is 0 Å². The molecule has 6 nitrogen and oxygen atoms in total. The summed E-state index contributed by atoms with van der Waals surface area (Å²) in [4.78, 5) is 23.8. The molecular weight excluding hydrogens is 296 g/mol. The number of amides is 2. The van der Waals surface area contributed by atoms with E-state index < -0.39 is 0 Å². The van der Waals surface area contributed by atoms with Crippen LogP contribution in [0.1, 0.15) is 37.6 Å². The van der Waals surface area contributed by atoms with E-state index in [-0.39, 0.29) is 24.5 Å². The highest BCUT2D eigenvalue weighted by Crippen LogP contribution is 2.17. The summed E-state index contributed by atoms with van der Waals surface area (Å²) in [6, 6.07) is 6.95. The highest BCUT2D eigenvalue weighted by molar-refractivity contribution is 5.98. The maximum absolute atomic E-state index is 12.1. The SMILES string of the molecule is CCOc1ccccc1C(=O)NCC(=O)NCCCOC(C)C. The number of hydrogen-bond acceptors (Lipinski definition) is 4. The van der Waals surface area contributed by atoms with Crippen LogP contribution in [0.15, 0.2) is 24.3 Å². The van der Waals surface area contributed by atoms with Gasteiger partial charge >= 0.3 is 0 Å². The van der Waals surface area contributed by atoms with Crippen molar-refractivity contribution in [3.8, 4) is 5.75 Å². The van der Waals surface area contributed by atoms with Crippen LogP contribution in [0, 0.1) is 0 Å². The lowest BCUT2D eigenvalue weighted by Crippen LogP contribution is -2.37. The molecule has 0 heterocycles. The first-order valence-electron chi connectivity index (χ1n) is 7.93. The molecule has 0 atom stereocenters. The molecule has 2 amide bonds. The topological polar surface area (TPSA) is 76.7 Å². The predicted octanol–water partition coefficient (Wildman–Crippen LogP) is 1.75. The summed E-state index contributed by atoms with van der Waals surface area (Å²) in [7, 11) is 0. The van der Waals surface area contributed by atoms with Crippen molar-refractivity contribution in [1.82, 2.24) is 10.6 Å². The quantitative estimate of drug-likeness (QED) is 0.643. The van der Waals surface area contributed by atoms with Gasteiger partial charge in [0.2, 0.25) is 5.91 Å². The third-order valence-electron chi connectivity index (χ3n) is 2.94. The fourth-order valence-electron chi connectivity index (χ4n) is 1.87. The standard InChI is InChI=1S/C17H26N2O4/c1-4-22-15-9-6-5-8-14(15)17(21)19-12-16(20)18-10-7-11-23-13(2)3/h5-6,8-9,13H,4,7,10-12H2,1-3H3,(H,18,20)(H,19,21). The lowest BCUT2D eigenvalue weighted by molar-refractivity contribution is -0.120. The number of carbonyl (C=O) groups is 2. The van der Waals surface area contributed by atoms with Crippen molar-refractivity contribution in [2.24, 2.45) is 0 Å². The van der Waals surface area contributed by atoms with E-state index in [1.165, 1.54) is 0 Å². The van der Waals surface area contributed by atoms with Gasteiger partial charge in [-0.15, -0.1) is 0 Å². The second-order valence-electron chi connectivity index (χ2n) is 5.23. The van der Waals surface area contributed by atoms with Crippen molar-refractivity contribution < 1.29 is 19.1 Å². The highest BCUT2D eigenvalue weighted by atomic mass is 16.5. The predicted molar refractivity (Wildman–Crippen MR) is 88.7 cm³/mol. The van der Waals surface area contributed by atoms with Crippen molar-refractivity contribution in [3.05, 3.63) is 29.8 Å². The third-order valence-corrected chi connectivity index (χ3v) is 2.94. The molecule has 0 fully saturated rings. The molecule has 6 heteroatoms. The first kappa shape index (κ1) is 19.0. The van der Waals surface area contributed by atoms with E-state index in [1.54, 1.807) is 24.3 Å². The van der Waals surface area contributed by atoms with E-state index in [1.807, 2.05) is 20.8 Å². The molecule has 0 saturated heterocycles. The van der Waals surface area contributed by atoms with Gasteiger partial charge in [-0.2, -0.15) is 0 Å². The molecule has 1 aromatic carbocycles. The van der Waals surface area contributed by atoms with Gasteiger partial charge in [-0.1, -0.05) is 12.1 Å². The summed E-state index contributed by atoms with van der Waals surface area (Å²) in [6.45, 7) is 7.32. The normalized spacial score (nSPS) is 10.4. The Balaban J connectivity index is 2.31. The van der Waals surface area contributed by atoms with Gasteiger partial charge in [0.1, 0.15) is 5.75 Å². The molecule has 0 aromatic heterocycles. The Morgan fingerprint density at radius 1 is 1.17 bits per heavy atom. The molecule has 0 aliphatic rings. The maximum Gasteiger partial charge on any atom is 0.255 e. The van der Waals surface area contributed by atoms with Crippen LogP contribution in [0.3, 0.4) is 0 Å². The molecule has 0 bridgehead atoms. The van der Waals surface area contributed by atoms with Gasteiger partial charge in [-0.05, 0) is 39.3 Å². The molecule has 23 heavy (non-hydrogen) atoms. The monoisotopic (exact) mass is 322 g/mol. The van der Waals surface area contributed by atoms with Gasteiger partial charge in [0.05, 0.1) is 24.8 Å². The van der Waals surface area contributed by atoms with Gasteiger partial charge in [0, 0.05) is 13.2 Å². The van der Waals surface area contributed by atoms with Crippen LogP contribution in [0.5, 0.6) is 5.75 Å². The van der Waals surface area contributed by atoms with E-state index >= 15 is 0 Å². The van der Waals surface area contributed by atoms with E-state index in [0.717, 1.165) is 6.42 Å². The molecule has 1 rings (SSSR count). The van der Waals surface area contributed by atoms with Gasteiger partial charge in [-0.3, -0.25) is 9.59 Å². The number of para-hydroxylation sites is 1. The van der Waals surface area contributed by atoms with E-state index in [0.29, 0.717) is 31.1 Å². The Bertz CT molecular complexity index is 503. The van der Waals surface area contributed by atoms with E-state index in [4.69, 9.17) is 9.47 Å². The van der Waals surface area contributed by atoms with E-state index in [9.17, 15) is 9.59 Å². The molecule has 1 aromatic rings. The molecule has 0 unspecified atom stereocenters. The van der Waals surface area contributed by atoms with Crippen LogP contribution < -0.4 is 15.4 Å². The van der Waals surface area contributed by atoms with Crippen molar-refractivity contribution in [2.75, 3.05) is 26.3 Å². The fraction of sp³-hybridized carbons (Fsp3) is 0.529. The molecule has 2 N–H and O–H groups in total. The minimum Gasteiger partial charge on any atom is -0.493 e. The number of nitrogens with one attached hydrogen (secondary N) is 2. The Labute approximate surface area is 137 Å². The van der Waals surface area contributed by atoms with Crippen LogP contribution in [0.2, 0.25) is 0 Å². The first-order valence-corrected chi connectivity index (χ1v) is 7.93. The van der Waals surface area contributed by atoms with E-state index in [2.05, 4.69) is 10.6 Å². The number of carbonyl (C=O) groups excluding carboxylic acids is 2. The van der Waals surface area contributed by atoms with Crippen molar-refractivity contribution in [3.63, 3.8) is 0 Å². The fourth-order valence-corrected chi connectivity index (χ4v) is 1.87. The molecule has 0 aliphatic carbocycles. The van der Waals surface area contributed by atoms with Gasteiger partial charge < -0.3 is 20.1 Å². The number of ether oxygens (including phenoxy) is 2. The summed E-state index contributed by atoms with van der Waals surface area (Å²) in [5.74, 6) is -0.0390. The van der Waals surface area contributed by atoms with Crippen molar-refractivity contribution in [2.45, 2.75) is 33.3 Å². The van der Waals surface area contributed by atoms with Crippen LogP contribution in [-0.4, -0.2) is 44.2 Å². The average molecular weight is 322 g/mol. The van der Waals surface area contributed by atoms with Crippen LogP contribution in [0.25, 0.3) is 0 Å². The maximum atomic E-state index is 12.1. The zero-order valence-electron chi connectivity index (χ0n) is 14.1. The Kier molecular flexibility index (Phi) is 8.75. The third kappa shape index (κ3) is 7.65.